The lowest BCUT2D eigenvalue weighted by molar-refractivity contribution is 0.368. The summed E-state index contributed by atoms with van der Waals surface area (Å²) in [6.07, 6.45) is 2.01. The van der Waals surface area contributed by atoms with Gasteiger partial charge in [-0.1, -0.05) is 36.4 Å². The van der Waals surface area contributed by atoms with Crippen LogP contribution < -0.4 is 5.73 Å². The van der Waals surface area contributed by atoms with Gasteiger partial charge in [-0.15, -0.1) is 0 Å². The van der Waals surface area contributed by atoms with Crippen LogP contribution in [-0.4, -0.2) is 11.5 Å². The molecule has 0 radical (unpaired) electrons. The number of nitriles is 3. The number of nitrogens with zero attached hydrogens (tertiary/aromatic N) is 3. The van der Waals surface area contributed by atoms with Gasteiger partial charge in [0.1, 0.15) is 6.07 Å². The van der Waals surface area contributed by atoms with E-state index in [0.29, 0.717) is 5.57 Å². The Hall–Kier alpha value is -2.68. The highest BCUT2D eigenvalue weighted by atomic mass is 32.2. The van der Waals surface area contributed by atoms with Crippen LogP contribution in [0.3, 0.4) is 0 Å². The van der Waals surface area contributed by atoms with Gasteiger partial charge in [-0.05, 0) is 11.1 Å². The van der Waals surface area contributed by atoms with Crippen molar-refractivity contribution in [2.24, 2.45) is 17.1 Å². The molecule has 0 aromatic heterocycles. The van der Waals surface area contributed by atoms with Crippen molar-refractivity contribution < 1.29 is 0 Å². The first-order chi connectivity index (χ1) is 11.2. The molecule has 4 nitrogen and oxygen atoms in total. The summed E-state index contributed by atoms with van der Waals surface area (Å²) in [6.45, 7) is 0. The van der Waals surface area contributed by atoms with Crippen molar-refractivity contribution in [3.05, 3.63) is 58.8 Å². The van der Waals surface area contributed by atoms with E-state index in [9.17, 15) is 15.8 Å². The second-order valence-corrected chi connectivity index (χ2v) is 6.70. The monoisotopic (exact) mass is 318 g/mol. The molecular formula is C18H14N4S. The zero-order valence-corrected chi connectivity index (χ0v) is 13.2. The van der Waals surface area contributed by atoms with Crippen molar-refractivity contribution in [3.8, 4) is 18.2 Å². The molecule has 1 aromatic rings. The number of thioether (sulfide) groups is 1. The fourth-order valence-electron chi connectivity index (χ4n) is 3.52. The normalized spacial score (nSPS) is 25.3. The molecule has 112 valence electrons. The highest BCUT2D eigenvalue weighted by molar-refractivity contribution is 7.99. The number of rotatable bonds is 1. The molecule has 5 heteroatoms. The molecule has 2 N–H and O–H groups in total. The van der Waals surface area contributed by atoms with Crippen LogP contribution in [0.4, 0.5) is 0 Å². The number of nitrogens with two attached hydrogens (primary N) is 1. The van der Waals surface area contributed by atoms with Crippen LogP contribution in [0.15, 0.2) is 53.3 Å². The molecule has 0 unspecified atom stereocenters. The molecule has 0 amide bonds. The number of hydrogen-bond acceptors (Lipinski definition) is 5. The average molecular weight is 318 g/mol. The van der Waals surface area contributed by atoms with Gasteiger partial charge in [0.25, 0.3) is 0 Å². The Morgan fingerprint density at radius 2 is 1.83 bits per heavy atom. The molecule has 1 heterocycles. The van der Waals surface area contributed by atoms with Crippen LogP contribution >= 0.6 is 11.8 Å². The fraction of sp³-hybridized carbons (Fsp3) is 0.278. The van der Waals surface area contributed by atoms with Gasteiger partial charge < -0.3 is 5.73 Å². The predicted octanol–water partition coefficient (Wildman–Crippen LogP) is 2.84. The van der Waals surface area contributed by atoms with Crippen molar-refractivity contribution in [2.45, 2.75) is 5.92 Å². The summed E-state index contributed by atoms with van der Waals surface area (Å²) in [5, 5.41) is 29.2. The maximum atomic E-state index is 9.82. The van der Waals surface area contributed by atoms with Crippen molar-refractivity contribution in [1.29, 1.82) is 15.8 Å². The molecule has 0 saturated carbocycles. The summed E-state index contributed by atoms with van der Waals surface area (Å²) in [6, 6.07) is 15.9. The Morgan fingerprint density at radius 3 is 2.43 bits per heavy atom. The van der Waals surface area contributed by atoms with Gasteiger partial charge in [-0.3, -0.25) is 0 Å². The number of hydrogen-bond donors (Lipinski definition) is 1. The van der Waals surface area contributed by atoms with Crippen molar-refractivity contribution in [3.63, 3.8) is 0 Å². The Bertz CT molecular complexity index is 803. The van der Waals surface area contributed by atoms with Crippen molar-refractivity contribution >= 4 is 11.8 Å². The molecule has 1 aromatic carbocycles. The molecule has 0 bridgehead atoms. The maximum absolute atomic E-state index is 9.82. The van der Waals surface area contributed by atoms with E-state index in [2.05, 4.69) is 18.2 Å². The van der Waals surface area contributed by atoms with E-state index in [-0.39, 0.29) is 17.5 Å². The smallest absolute Gasteiger partial charge is 0.191 e. The van der Waals surface area contributed by atoms with Gasteiger partial charge in [0, 0.05) is 23.3 Å². The summed E-state index contributed by atoms with van der Waals surface area (Å²) < 4.78 is 0. The quantitative estimate of drug-likeness (QED) is 0.858. The molecule has 3 rings (SSSR count). The topological polar surface area (TPSA) is 97.4 Å². The predicted molar refractivity (Wildman–Crippen MR) is 88.6 cm³/mol. The highest BCUT2D eigenvalue weighted by Gasteiger charge is 2.53. The van der Waals surface area contributed by atoms with Gasteiger partial charge >= 0.3 is 0 Å². The van der Waals surface area contributed by atoms with Crippen LogP contribution in [0.25, 0.3) is 0 Å². The molecule has 2 aliphatic rings. The number of allylic oxidation sites excluding steroid dienone is 3. The average Bonchev–Trinajstić information content (AvgIpc) is 2.61. The van der Waals surface area contributed by atoms with Gasteiger partial charge in [-0.25, -0.2) is 0 Å². The second kappa shape index (κ2) is 5.84. The minimum atomic E-state index is -1.51. The van der Waals surface area contributed by atoms with E-state index in [4.69, 9.17) is 5.73 Å². The van der Waals surface area contributed by atoms with Gasteiger partial charge in [0.05, 0.1) is 23.4 Å². The van der Waals surface area contributed by atoms with Crippen LogP contribution in [0.1, 0.15) is 11.5 Å². The van der Waals surface area contributed by atoms with Crippen LogP contribution in [0, 0.1) is 45.3 Å². The largest absolute Gasteiger partial charge is 0.399 e. The Morgan fingerprint density at radius 1 is 1.13 bits per heavy atom. The third kappa shape index (κ3) is 2.12. The second-order valence-electron chi connectivity index (χ2n) is 5.62. The molecule has 23 heavy (non-hydrogen) atoms. The highest BCUT2D eigenvalue weighted by Crippen LogP contribution is 2.54. The first-order valence-electron chi connectivity index (χ1n) is 7.25. The number of benzene rings is 1. The first kappa shape index (κ1) is 15.2. The Kier molecular flexibility index (Phi) is 3.87. The zero-order valence-electron chi connectivity index (χ0n) is 12.4. The van der Waals surface area contributed by atoms with Gasteiger partial charge in [0.2, 0.25) is 0 Å². The number of fused-ring (bicyclic) bond motifs is 1. The first-order valence-corrected chi connectivity index (χ1v) is 8.41. The van der Waals surface area contributed by atoms with E-state index < -0.39 is 5.41 Å². The van der Waals surface area contributed by atoms with Gasteiger partial charge in [-0.2, -0.15) is 27.5 Å². The molecule has 0 spiro atoms. The lowest BCUT2D eigenvalue weighted by Gasteiger charge is -2.43. The van der Waals surface area contributed by atoms with Crippen molar-refractivity contribution in [1.82, 2.24) is 0 Å². The Balaban J connectivity index is 2.33. The summed E-state index contributed by atoms with van der Waals surface area (Å²) in [5.74, 6) is 1.17. The van der Waals surface area contributed by atoms with E-state index in [0.717, 1.165) is 22.6 Å². The molecule has 2 atom stereocenters. The molecule has 1 aliphatic heterocycles. The third-order valence-corrected chi connectivity index (χ3v) is 5.59. The molecule has 0 saturated heterocycles. The SMILES string of the molecule is N#CC1=C(N)C(C#N)(C#N)[C@@H](c2ccccc2)[C@@H]2CSCC=C12. The lowest BCUT2D eigenvalue weighted by Crippen LogP contribution is -2.43. The molecule has 1 aliphatic carbocycles. The minimum absolute atomic E-state index is 0.0580. The van der Waals surface area contributed by atoms with Crippen LogP contribution in [0.2, 0.25) is 0 Å². The Labute approximate surface area is 139 Å². The van der Waals surface area contributed by atoms with E-state index in [1.54, 1.807) is 11.8 Å². The standard InChI is InChI=1S/C18H14N4S/c19-8-14-13-6-7-23-9-15(13)16(12-4-2-1-3-5-12)18(10-20,11-21)17(14)22/h1-6,15-16H,7,9,22H2/t15-,16+/m1/s1. The summed E-state index contributed by atoms with van der Waals surface area (Å²) in [7, 11) is 0. The fourth-order valence-corrected chi connectivity index (χ4v) is 4.58. The van der Waals surface area contributed by atoms with Crippen molar-refractivity contribution in [2.75, 3.05) is 11.5 Å². The summed E-state index contributed by atoms with van der Waals surface area (Å²) in [5.41, 5.74) is 6.88. The maximum Gasteiger partial charge on any atom is 0.191 e. The lowest BCUT2D eigenvalue weighted by atomic mass is 9.59. The van der Waals surface area contributed by atoms with Gasteiger partial charge in [0.15, 0.2) is 5.41 Å². The van der Waals surface area contributed by atoms with Crippen LogP contribution in [0.5, 0.6) is 0 Å². The summed E-state index contributed by atoms with van der Waals surface area (Å²) in [4.78, 5) is 0. The molecule has 0 fully saturated rings. The zero-order chi connectivity index (χ0) is 16.4. The third-order valence-electron chi connectivity index (χ3n) is 4.59. The molecular weight excluding hydrogens is 304 g/mol. The van der Waals surface area contributed by atoms with E-state index in [1.165, 1.54) is 0 Å². The minimum Gasteiger partial charge on any atom is -0.399 e. The van der Waals surface area contributed by atoms with E-state index >= 15 is 0 Å². The summed E-state index contributed by atoms with van der Waals surface area (Å²) >= 11 is 1.75. The van der Waals surface area contributed by atoms with Crippen LogP contribution in [-0.2, 0) is 0 Å². The van der Waals surface area contributed by atoms with E-state index in [1.807, 2.05) is 36.4 Å².